The molecule has 48 heavy (non-hydrogen) atoms. The zero-order chi connectivity index (χ0) is 34.0. The van der Waals surface area contributed by atoms with Crippen LogP contribution in [0.4, 0.5) is 5.69 Å². The van der Waals surface area contributed by atoms with Crippen molar-refractivity contribution in [3.8, 4) is 5.75 Å². The van der Waals surface area contributed by atoms with Gasteiger partial charge in [0.05, 0.1) is 35.8 Å². The summed E-state index contributed by atoms with van der Waals surface area (Å²) in [5.74, 6) is -1.20. The maximum Gasteiger partial charge on any atom is 0.247 e. The van der Waals surface area contributed by atoms with E-state index in [-0.39, 0.29) is 47.0 Å². The number of carbonyl (C=O) groups excluding carboxylic acids is 3. The zero-order valence-electron chi connectivity index (χ0n) is 27.6. The maximum absolute atomic E-state index is 15.1. The number of ether oxygens (including phenoxy) is 1. The Morgan fingerprint density at radius 1 is 1.06 bits per heavy atom. The molecule has 1 aliphatic carbocycles. The number of aliphatic hydroxyl groups excluding tert-OH is 1. The van der Waals surface area contributed by atoms with Crippen molar-refractivity contribution in [2.45, 2.75) is 78.4 Å². The molecule has 0 radical (unpaired) electrons. The molecule has 3 saturated heterocycles. The van der Waals surface area contributed by atoms with E-state index < -0.39 is 28.7 Å². The Kier molecular flexibility index (Phi) is 10.7. The number of likely N-dealkylation sites (tertiary alicyclic amines) is 1. The van der Waals surface area contributed by atoms with E-state index in [9.17, 15) is 9.90 Å². The summed E-state index contributed by atoms with van der Waals surface area (Å²) in [6, 6.07) is 15.3. The standard InChI is InChI=1S/C38H46BrN3O5S/c1-4-21-40(27-17-19-28(20-18-27)47-6-3)35(44)31-32-36(45)42(30(24-43)25-13-9-7-10-14-25)34(38(32)23-29(39)33(31)48-38)37(46)41(22-5-2)26-15-11-8-12-16-26/h4-5,7,9-10,13-14,17-20,26,29-34,43H,1-2,6,8,11-12,15-16,21-24H2,3H3/t29?,30-,31+,32+,33+,34?,38?/m1/s1. The first-order chi connectivity index (χ1) is 23.3. The summed E-state index contributed by atoms with van der Waals surface area (Å²) in [5, 5.41) is 10.7. The van der Waals surface area contributed by atoms with Gasteiger partial charge in [0.15, 0.2) is 0 Å². The molecule has 10 heteroatoms. The summed E-state index contributed by atoms with van der Waals surface area (Å²) in [6.45, 7) is 10.7. The van der Waals surface area contributed by atoms with Crippen LogP contribution in [0.15, 0.2) is 79.9 Å². The van der Waals surface area contributed by atoms with Gasteiger partial charge in [-0.3, -0.25) is 14.4 Å². The van der Waals surface area contributed by atoms with E-state index in [2.05, 4.69) is 29.1 Å². The molecular weight excluding hydrogens is 690 g/mol. The Morgan fingerprint density at radius 3 is 2.38 bits per heavy atom. The summed E-state index contributed by atoms with van der Waals surface area (Å²) in [4.78, 5) is 50.2. The molecule has 1 saturated carbocycles. The molecule has 7 atom stereocenters. The molecular formula is C38H46BrN3O5S. The Labute approximate surface area is 296 Å². The summed E-state index contributed by atoms with van der Waals surface area (Å²) >= 11 is 5.54. The van der Waals surface area contributed by atoms with E-state index in [1.54, 1.807) is 33.7 Å². The number of aliphatic hydroxyl groups is 1. The fourth-order valence-corrected chi connectivity index (χ4v) is 12.2. The van der Waals surface area contributed by atoms with Crippen LogP contribution in [0.1, 0.15) is 57.1 Å². The van der Waals surface area contributed by atoms with Gasteiger partial charge in [0.25, 0.3) is 0 Å². The van der Waals surface area contributed by atoms with Crippen LogP contribution in [0, 0.1) is 11.8 Å². The lowest BCUT2D eigenvalue weighted by molar-refractivity contribution is -0.147. The quantitative estimate of drug-likeness (QED) is 0.196. The fourth-order valence-electron chi connectivity index (χ4n) is 8.62. The molecule has 6 rings (SSSR count). The van der Waals surface area contributed by atoms with Crippen LogP contribution < -0.4 is 9.64 Å². The molecule has 2 bridgehead atoms. The van der Waals surface area contributed by atoms with Crippen molar-refractivity contribution in [3.05, 3.63) is 85.5 Å². The van der Waals surface area contributed by atoms with Crippen LogP contribution in [0.5, 0.6) is 5.75 Å². The first kappa shape index (κ1) is 34.8. The maximum atomic E-state index is 15.1. The smallest absolute Gasteiger partial charge is 0.247 e. The Balaban J connectivity index is 1.44. The predicted molar refractivity (Wildman–Crippen MR) is 194 cm³/mol. The highest BCUT2D eigenvalue weighted by atomic mass is 79.9. The summed E-state index contributed by atoms with van der Waals surface area (Å²) in [7, 11) is 0. The normalized spacial score (nSPS) is 28.5. The fraction of sp³-hybridized carbons (Fsp3) is 0.500. The van der Waals surface area contributed by atoms with Gasteiger partial charge in [0.2, 0.25) is 17.7 Å². The number of nitrogens with zero attached hydrogens (tertiary/aromatic N) is 3. The van der Waals surface area contributed by atoms with E-state index in [0.717, 1.165) is 37.7 Å². The molecule has 1 spiro atoms. The van der Waals surface area contributed by atoms with E-state index in [4.69, 9.17) is 4.74 Å². The van der Waals surface area contributed by atoms with E-state index in [1.165, 1.54) is 0 Å². The second kappa shape index (κ2) is 14.8. The number of fused-ring (bicyclic) bond motifs is 1. The van der Waals surface area contributed by atoms with Gasteiger partial charge >= 0.3 is 0 Å². The molecule has 2 aromatic carbocycles. The van der Waals surface area contributed by atoms with Crippen molar-refractivity contribution in [3.63, 3.8) is 0 Å². The summed E-state index contributed by atoms with van der Waals surface area (Å²) in [6.07, 6.45) is 9.11. The van der Waals surface area contributed by atoms with E-state index in [0.29, 0.717) is 31.0 Å². The molecule has 0 aromatic heterocycles. The predicted octanol–water partition coefficient (Wildman–Crippen LogP) is 6.15. The number of hydrogen-bond donors (Lipinski definition) is 1. The average Bonchev–Trinajstić information content (AvgIpc) is 3.71. The number of halogens is 1. The number of benzene rings is 2. The van der Waals surface area contributed by atoms with Crippen molar-refractivity contribution in [2.75, 3.05) is 31.2 Å². The minimum atomic E-state index is -0.847. The lowest BCUT2D eigenvalue weighted by Crippen LogP contribution is -2.58. The van der Waals surface area contributed by atoms with E-state index in [1.807, 2.05) is 66.4 Å². The highest BCUT2D eigenvalue weighted by Gasteiger charge is 2.76. The molecule has 3 heterocycles. The third-order valence-electron chi connectivity index (χ3n) is 10.6. The highest BCUT2D eigenvalue weighted by molar-refractivity contribution is 9.09. The Hall–Kier alpha value is -3.08. The zero-order valence-corrected chi connectivity index (χ0v) is 30.0. The highest BCUT2D eigenvalue weighted by Crippen LogP contribution is 2.69. The molecule has 8 nitrogen and oxygen atoms in total. The van der Waals surface area contributed by atoms with Gasteiger partial charge in [-0.1, -0.05) is 77.7 Å². The van der Waals surface area contributed by atoms with Crippen LogP contribution in [0.2, 0.25) is 0 Å². The molecule has 3 amide bonds. The molecule has 3 unspecified atom stereocenters. The summed E-state index contributed by atoms with van der Waals surface area (Å²) in [5.41, 5.74) is 1.45. The molecule has 2 aromatic rings. The molecule has 3 aliphatic heterocycles. The van der Waals surface area contributed by atoms with Crippen molar-refractivity contribution in [2.24, 2.45) is 11.8 Å². The molecule has 4 aliphatic rings. The second-order valence-corrected chi connectivity index (χ2v) is 16.0. The van der Waals surface area contributed by atoms with Crippen molar-refractivity contribution in [1.29, 1.82) is 0 Å². The van der Waals surface area contributed by atoms with Gasteiger partial charge in [0, 0.05) is 34.9 Å². The second-order valence-electron chi connectivity index (χ2n) is 13.3. The largest absolute Gasteiger partial charge is 0.494 e. The lowest BCUT2D eigenvalue weighted by Gasteiger charge is -2.43. The molecule has 4 fully saturated rings. The first-order valence-corrected chi connectivity index (χ1v) is 19.0. The number of carbonyl (C=O) groups is 3. The lowest BCUT2D eigenvalue weighted by atomic mass is 9.70. The van der Waals surface area contributed by atoms with Crippen LogP contribution in [0.3, 0.4) is 0 Å². The molecule has 256 valence electrons. The number of hydrogen-bond acceptors (Lipinski definition) is 6. The van der Waals surface area contributed by atoms with Crippen LogP contribution in [-0.2, 0) is 14.4 Å². The summed E-state index contributed by atoms with van der Waals surface area (Å²) < 4.78 is 4.79. The minimum Gasteiger partial charge on any atom is -0.494 e. The first-order valence-electron chi connectivity index (χ1n) is 17.2. The Morgan fingerprint density at radius 2 is 1.75 bits per heavy atom. The third-order valence-corrected chi connectivity index (χ3v) is 13.8. The van der Waals surface area contributed by atoms with Gasteiger partial charge in [0.1, 0.15) is 11.8 Å². The van der Waals surface area contributed by atoms with E-state index >= 15 is 9.59 Å². The molecule has 1 N–H and O–H groups in total. The monoisotopic (exact) mass is 735 g/mol. The number of anilines is 1. The van der Waals surface area contributed by atoms with Crippen molar-refractivity contribution in [1.82, 2.24) is 9.80 Å². The van der Waals surface area contributed by atoms with Gasteiger partial charge < -0.3 is 24.5 Å². The average molecular weight is 737 g/mol. The van der Waals surface area contributed by atoms with Crippen LogP contribution in [0.25, 0.3) is 0 Å². The van der Waals surface area contributed by atoms with Gasteiger partial charge in [-0.2, -0.15) is 0 Å². The van der Waals surface area contributed by atoms with Gasteiger partial charge in [-0.05, 0) is 56.0 Å². The van der Waals surface area contributed by atoms with Gasteiger partial charge in [-0.25, -0.2) is 0 Å². The van der Waals surface area contributed by atoms with Crippen LogP contribution in [-0.4, -0.2) is 85.8 Å². The van der Waals surface area contributed by atoms with Crippen LogP contribution >= 0.6 is 27.7 Å². The number of alkyl halides is 1. The Bertz CT molecular complexity index is 1500. The SMILES string of the molecule is C=CCN(C(=O)[C@H]1[C@H]2C(=O)N([C@H](CO)c3ccccc3)C(C(=O)N(CC=C)C3CCCCC3)C23CC(Br)[C@@H]1S3)c1ccc(OCC)cc1. The van der Waals surface area contributed by atoms with Crippen molar-refractivity contribution >= 4 is 51.1 Å². The minimum absolute atomic E-state index is 0.0597. The van der Waals surface area contributed by atoms with Crippen molar-refractivity contribution < 1.29 is 24.2 Å². The third kappa shape index (κ3) is 6.02. The number of amides is 3. The van der Waals surface area contributed by atoms with Gasteiger partial charge in [-0.15, -0.1) is 24.9 Å². The number of thioether (sulfide) groups is 1. The topological polar surface area (TPSA) is 90.4 Å². The number of rotatable bonds is 13.